The Bertz CT molecular complexity index is 310. The average Bonchev–Trinajstić information content (AvgIpc) is 2.34. The molecule has 0 bridgehead atoms. The molecule has 0 aliphatic heterocycles. The molecular weight excluding hydrogens is 208 g/mol. The SMILES string of the molecule is O=C(OCc1ccccc1)C(CO)CCO. The molecule has 0 amide bonds. The number of hydrogen-bond donors (Lipinski definition) is 2. The van der Waals surface area contributed by atoms with Gasteiger partial charge < -0.3 is 14.9 Å². The molecule has 0 radical (unpaired) electrons. The van der Waals surface area contributed by atoms with E-state index < -0.39 is 11.9 Å². The fourth-order valence-electron chi connectivity index (χ4n) is 1.29. The van der Waals surface area contributed by atoms with E-state index in [9.17, 15) is 4.79 Å². The van der Waals surface area contributed by atoms with Crippen LogP contribution in [0.25, 0.3) is 0 Å². The largest absolute Gasteiger partial charge is 0.461 e. The number of aliphatic hydroxyl groups excluding tert-OH is 2. The summed E-state index contributed by atoms with van der Waals surface area (Å²) < 4.78 is 5.02. The molecule has 1 rings (SSSR count). The van der Waals surface area contributed by atoms with Gasteiger partial charge >= 0.3 is 5.97 Å². The number of hydrogen-bond acceptors (Lipinski definition) is 4. The van der Waals surface area contributed by atoms with E-state index >= 15 is 0 Å². The van der Waals surface area contributed by atoms with E-state index in [1.54, 1.807) is 0 Å². The van der Waals surface area contributed by atoms with Crippen LogP contribution in [0.2, 0.25) is 0 Å². The first-order valence-electron chi connectivity index (χ1n) is 5.20. The molecule has 16 heavy (non-hydrogen) atoms. The quantitative estimate of drug-likeness (QED) is 0.699. The first-order chi connectivity index (χ1) is 7.77. The van der Waals surface area contributed by atoms with Gasteiger partial charge in [-0.15, -0.1) is 0 Å². The second-order valence-electron chi connectivity index (χ2n) is 3.49. The van der Waals surface area contributed by atoms with Crippen molar-refractivity contribution in [1.29, 1.82) is 0 Å². The molecule has 4 heteroatoms. The molecule has 0 aromatic heterocycles. The lowest BCUT2D eigenvalue weighted by molar-refractivity contribution is -0.151. The van der Waals surface area contributed by atoms with Crippen LogP contribution in [0.15, 0.2) is 30.3 Å². The molecule has 0 spiro atoms. The third kappa shape index (κ3) is 4.00. The highest BCUT2D eigenvalue weighted by Gasteiger charge is 2.18. The summed E-state index contributed by atoms with van der Waals surface area (Å²) in [5.41, 5.74) is 0.900. The maximum Gasteiger partial charge on any atom is 0.311 e. The molecule has 1 aromatic carbocycles. The molecular formula is C12H16O4. The Labute approximate surface area is 94.5 Å². The van der Waals surface area contributed by atoms with Crippen LogP contribution in [0, 0.1) is 5.92 Å². The highest BCUT2D eigenvalue weighted by Crippen LogP contribution is 2.07. The number of ether oxygens (including phenoxy) is 1. The van der Waals surface area contributed by atoms with Gasteiger partial charge in [-0.05, 0) is 12.0 Å². The van der Waals surface area contributed by atoms with E-state index in [4.69, 9.17) is 14.9 Å². The van der Waals surface area contributed by atoms with Crippen LogP contribution in [0.4, 0.5) is 0 Å². The zero-order valence-corrected chi connectivity index (χ0v) is 9.00. The van der Waals surface area contributed by atoms with Gasteiger partial charge in [-0.3, -0.25) is 4.79 Å². The maximum absolute atomic E-state index is 11.4. The van der Waals surface area contributed by atoms with Gasteiger partial charge in [0.05, 0.1) is 12.5 Å². The summed E-state index contributed by atoms with van der Waals surface area (Å²) in [5, 5.41) is 17.6. The van der Waals surface area contributed by atoms with Gasteiger partial charge in [0, 0.05) is 6.61 Å². The molecule has 0 aliphatic carbocycles. The second kappa shape index (κ2) is 6.98. The van der Waals surface area contributed by atoms with Crippen LogP contribution >= 0.6 is 0 Å². The molecule has 0 fully saturated rings. The van der Waals surface area contributed by atoms with Crippen molar-refractivity contribution >= 4 is 5.97 Å². The maximum atomic E-state index is 11.4. The van der Waals surface area contributed by atoms with Gasteiger partial charge in [-0.25, -0.2) is 0 Å². The van der Waals surface area contributed by atoms with Crippen LogP contribution in [0.5, 0.6) is 0 Å². The van der Waals surface area contributed by atoms with Crippen LogP contribution in [0.1, 0.15) is 12.0 Å². The van der Waals surface area contributed by atoms with E-state index in [1.165, 1.54) is 0 Å². The lowest BCUT2D eigenvalue weighted by atomic mass is 10.1. The van der Waals surface area contributed by atoms with Gasteiger partial charge in [-0.1, -0.05) is 30.3 Å². The van der Waals surface area contributed by atoms with Crippen molar-refractivity contribution in [3.05, 3.63) is 35.9 Å². The number of aliphatic hydroxyl groups is 2. The number of carbonyl (C=O) groups is 1. The minimum atomic E-state index is -0.631. The fraction of sp³-hybridized carbons (Fsp3) is 0.417. The predicted molar refractivity (Wildman–Crippen MR) is 58.5 cm³/mol. The van der Waals surface area contributed by atoms with Gasteiger partial charge in [0.1, 0.15) is 6.61 Å². The van der Waals surface area contributed by atoms with Crippen molar-refractivity contribution in [3.63, 3.8) is 0 Å². The van der Waals surface area contributed by atoms with Crippen molar-refractivity contribution in [3.8, 4) is 0 Å². The van der Waals surface area contributed by atoms with E-state index in [2.05, 4.69) is 0 Å². The summed E-state index contributed by atoms with van der Waals surface area (Å²) in [5.74, 6) is -1.10. The molecule has 0 heterocycles. The van der Waals surface area contributed by atoms with Crippen molar-refractivity contribution < 1.29 is 19.7 Å². The van der Waals surface area contributed by atoms with Gasteiger partial charge in [0.15, 0.2) is 0 Å². The number of rotatable bonds is 6. The summed E-state index contributed by atoms with van der Waals surface area (Å²) in [7, 11) is 0. The zero-order chi connectivity index (χ0) is 11.8. The molecule has 1 atom stereocenters. The molecule has 0 aliphatic rings. The molecule has 1 aromatic rings. The molecule has 0 saturated heterocycles. The molecule has 1 unspecified atom stereocenters. The standard InChI is InChI=1S/C12H16O4/c13-7-6-11(8-14)12(15)16-9-10-4-2-1-3-5-10/h1-5,11,13-14H,6-9H2. The Morgan fingerprint density at radius 2 is 1.94 bits per heavy atom. The average molecular weight is 224 g/mol. The van der Waals surface area contributed by atoms with Crippen LogP contribution in [-0.4, -0.2) is 29.4 Å². The Morgan fingerprint density at radius 1 is 1.25 bits per heavy atom. The Kier molecular flexibility index (Phi) is 5.53. The first kappa shape index (κ1) is 12.7. The van der Waals surface area contributed by atoms with Crippen molar-refractivity contribution in [2.75, 3.05) is 13.2 Å². The second-order valence-corrected chi connectivity index (χ2v) is 3.49. The summed E-state index contributed by atoms with van der Waals surface area (Å²) >= 11 is 0. The summed E-state index contributed by atoms with van der Waals surface area (Å²) in [4.78, 5) is 11.4. The molecule has 0 saturated carbocycles. The van der Waals surface area contributed by atoms with Gasteiger partial charge in [0.2, 0.25) is 0 Å². The summed E-state index contributed by atoms with van der Waals surface area (Å²) in [6.07, 6.45) is 0.226. The normalized spacial score (nSPS) is 12.1. The minimum Gasteiger partial charge on any atom is -0.461 e. The summed E-state index contributed by atoms with van der Waals surface area (Å²) in [6, 6.07) is 9.31. The van der Waals surface area contributed by atoms with Crippen LogP contribution < -0.4 is 0 Å². The molecule has 4 nitrogen and oxygen atoms in total. The van der Waals surface area contributed by atoms with E-state index in [0.29, 0.717) is 0 Å². The number of esters is 1. The van der Waals surface area contributed by atoms with E-state index in [0.717, 1.165) is 5.56 Å². The third-order valence-corrected chi connectivity index (χ3v) is 2.26. The Balaban J connectivity index is 2.40. The minimum absolute atomic E-state index is 0.133. The fourth-order valence-corrected chi connectivity index (χ4v) is 1.29. The molecule has 2 N–H and O–H groups in total. The lowest BCUT2D eigenvalue weighted by Crippen LogP contribution is -2.22. The van der Waals surface area contributed by atoms with Crippen molar-refractivity contribution in [1.82, 2.24) is 0 Å². The van der Waals surface area contributed by atoms with Crippen LogP contribution in [-0.2, 0) is 16.1 Å². The highest BCUT2D eigenvalue weighted by molar-refractivity contribution is 5.72. The predicted octanol–water partition coefficient (Wildman–Crippen LogP) is 0.721. The smallest absolute Gasteiger partial charge is 0.311 e. The zero-order valence-electron chi connectivity index (χ0n) is 9.00. The third-order valence-electron chi connectivity index (χ3n) is 2.26. The summed E-state index contributed by atoms with van der Waals surface area (Å²) in [6.45, 7) is -0.235. The Hall–Kier alpha value is -1.39. The Morgan fingerprint density at radius 3 is 2.50 bits per heavy atom. The number of carbonyl (C=O) groups excluding carboxylic acids is 1. The van der Waals surface area contributed by atoms with E-state index in [1.807, 2.05) is 30.3 Å². The lowest BCUT2D eigenvalue weighted by Gasteiger charge is -2.12. The highest BCUT2D eigenvalue weighted by atomic mass is 16.5. The van der Waals surface area contributed by atoms with Gasteiger partial charge in [0.25, 0.3) is 0 Å². The van der Waals surface area contributed by atoms with Crippen LogP contribution in [0.3, 0.4) is 0 Å². The topological polar surface area (TPSA) is 66.8 Å². The monoisotopic (exact) mass is 224 g/mol. The van der Waals surface area contributed by atoms with Gasteiger partial charge in [-0.2, -0.15) is 0 Å². The number of benzene rings is 1. The van der Waals surface area contributed by atoms with Crippen molar-refractivity contribution in [2.24, 2.45) is 5.92 Å². The van der Waals surface area contributed by atoms with Crippen molar-refractivity contribution in [2.45, 2.75) is 13.0 Å². The van der Waals surface area contributed by atoms with E-state index in [-0.39, 0.29) is 26.2 Å². The first-order valence-corrected chi connectivity index (χ1v) is 5.20. The molecule has 88 valence electrons.